The molecule has 1 heteroatoms. The van der Waals surface area contributed by atoms with Crippen molar-refractivity contribution in [3.63, 3.8) is 0 Å². The molecule has 0 saturated carbocycles. The highest BCUT2D eigenvalue weighted by Crippen LogP contribution is 2.26. The summed E-state index contributed by atoms with van der Waals surface area (Å²) < 4.78 is 0. The van der Waals surface area contributed by atoms with Gasteiger partial charge in [0, 0.05) is 5.56 Å². The lowest BCUT2D eigenvalue weighted by molar-refractivity contribution is 0.112. The largest absolute Gasteiger partial charge is 0.298 e. The van der Waals surface area contributed by atoms with E-state index in [-0.39, 0.29) is 0 Å². The molecule has 0 fully saturated rings. The van der Waals surface area contributed by atoms with Gasteiger partial charge < -0.3 is 0 Å². The molecule has 1 nitrogen and oxygen atoms in total. The molecule has 0 spiro atoms. The van der Waals surface area contributed by atoms with Crippen LogP contribution < -0.4 is 0 Å². The van der Waals surface area contributed by atoms with E-state index in [1.54, 1.807) is 0 Å². The van der Waals surface area contributed by atoms with E-state index in [0.29, 0.717) is 0 Å². The second-order valence-electron chi connectivity index (χ2n) is 4.01. The fourth-order valence-electron chi connectivity index (χ4n) is 1.88. The van der Waals surface area contributed by atoms with E-state index in [1.165, 1.54) is 16.7 Å². The van der Waals surface area contributed by atoms with E-state index in [1.807, 2.05) is 30.3 Å². The first-order chi connectivity index (χ1) is 7.72. The van der Waals surface area contributed by atoms with Gasteiger partial charge in [0.25, 0.3) is 0 Å². The maximum Gasteiger partial charge on any atom is 0.150 e. The van der Waals surface area contributed by atoms with Crippen molar-refractivity contribution >= 4 is 6.29 Å². The van der Waals surface area contributed by atoms with E-state index >= 15 is 0 Å². The van der Waals surface area contributed by atoms with Gasteiger partial charge in [0.1, 0.15) is 6.29 Å². The van der Waals surface area contributed by atoms with Crippen molar-refractivity contribution in [3.05, 3.63) is 59.2 Å². The summed E-state index contributed by atoms with van der Waals surface area (Å²) in [5.41, 5.74) is 5.49. The van der Waals surface area contributed by atoms with Crippen LogP contribution in [0.25, 0.3) is 11.1 Å². The van der Waals surface area contributed by atoms with Crippen LogP contribution in [0.5, 0.6) is 0 Å². The second-order valence-corrected chi connectivity index (χ2v) is 4.01. The zero-order valence-electron chi connectivity index (χ0n) is 9.53. The molecule has 80 valence electrons. The lowest BCUT2D eigenvalue weighted by atomic mass is 9.95. The Labute approximate surface area is 95.7 Å². The minimum Gasteiger partial charge on any atom is -0.298 e. The number of carbonyl (C=O) groups is 1. The fourth-order valence-corrected chi connectivity index (χ4v) is 1.88. The molecule has 0 unspecified atom stereocenters. The van der Waals surface area contributed by atoms with Gasteiger partial charge in [0.2, 0.25) is 0 Å². The van der Waals surface area contributed by atoms with Crippen molar-refractivity contribution in [3.8, 4) is 11.1 Å². The molecular formula is C15H14O. The van der Waals surface area contributed by atoms with E-state index in [9.17, 15) is 4.79 Å². The predicted octanol–water partition coefficient (Wildman–Crippen LogP) is 3.78. The molecule has 2 aromatic carbocycles. The van der Waals surface area contributed by atoms with E-state index in [2.05, 4.69) is 26.0 Å². The van der Waals surface area contributed by atoms with Crippen molar-refractivity contribution in [2.24, 2.45) is 0 Å². The van der Waals surface area contributed by atoms with Crippen molar-refractivity contribution in [2.45, 2.75) is 13.8 Å². The van der Waals surface area contributed by atoms with Crippen LogP contribution in [0.4, 0.5) is 0 Å². The van der Waals surface area contributed by atoms with Gasteiger partial charge in [-0.2, -0.15) is 0 Å². The predicted molar refractivity (Wildman–Crippen MR) is 66.7 cm³/mol. The van der Waals surface area contributed by atoms with Crippen LogP contribution >= 0.6 is 0 Å². The van der Waals surface area contributed by atoms with E-state index < -0.39 is 0 Å². The highest BCUT2D eigenvalue weighted by atomic mass is 16.1. The number of aldehydes is 1. The molecule has 16 heavy (non-hydrogen) atoms. The quantitative estimate of drug-likeness (QED) is 0.689. The Hall–Kier alpha value is -1.89. The second kappa shape index (κ2) is 4.31. The Kier molecular flexibility index (Phi) is 2.86. The molecule has 0 heterocycles. The van der Waals surface area contributed by atoms with Crippen molar-refractivity contribution < 1.29 is 4.79 Å². The van der Waals surface area contributed by atoms with Gasteiger partial charge in [-0.1, -0.05) is 36.4 Å². The van der Waals surface area contributed by atoms with Gasteiger partial charge in [-0.05, 0) is 42.2 Å². The summed E-state index contributed by atoms with van der Waals surface area (Å²) in [4.78, 5) is 10.8. The van der Waals surface area contributed by atoms with Crippen molar-refractivity contribution in [1.29, 1.82) is 0 Å². The maximum atomic E-state index is 10.8. The summed E-state index contributed by atoms with van der Waals surface area (Å²) in [6.45, 7) is 4.15. The third-order valence-electron chi connectivity index (χ3n) is 2.83. The molecule has 0 aliphatic heterocycles. The van der Waals surface area contributed by atoms with Crippen LogP contribution in [-0.2, 0) is 0 Å². The molecule has 0 bridgehead atoms. The van der Waals surface area contributed by atoms with Crippen molar-refractivity contribution in [1.82, 2.24) is 0 Å². The molecule has 0 atom stereocenters. The number of hydrogen-bond acceptors (Lipinski definition) is 1. The van der Waals surface area contributed by atoms with E-state index in [0.717, 1.165) is 17.4 Å². The smallest absolute Gasteiger partial charge is 0.150 e. The van der Waals surface area contributed by atoms with Crippen LogP contribution in [0.3, 0.4) is 0 Å². The topological polar surface area (TPSA) is 17.1 Å². The highest BCUT2D eigenvalue weighted by Gasteiger charge is 2.05. The third kappa shape index (κ3) is 1.89. The van der Waals surface area contributed by atoms with Gasteiger partial charge in [-0.15, -0.1) is 0 Å². The fraction of sp³-hybridized carbons (Fsp3) is 0.133. The Morgan fingerprint density at radius 3 is 2.25 bits per heavy atom. The van der Waals surface area contributed by atoms with E-state index in [4.69, 9.17) is 0 Å². The summed E-state index contributed by atoms with van der Waals surface area (Å²) in [5.74, 6) is 0. The minimum absolute atomic E-state index is 0.726. The summed E-state index contributed by atoms with van der Waals surface area (Å²) in [7, 11) is 0. The molecule has 0 aliphatic carbocycles. The first kappa shape index (κ1) is 10.6. The Bertz CT molecular complexity index is 527. The number of benzene rings is 2. The van der Waals surface area contributed by atoms with Gasteiger partial charge in [-0.3, -0.25) is 4.79 Å². The Morgan fingerprint density at radius 1 is 0.875 bits per heavy atom. The lowest BCUT2D eigenvalue weighted by Crippen LogP contribution is -1.89. The average molecular weight is 210 g/mol. The van der Waals surface area contributed by atoms with Gasteiger partial charge >= 0.3 is 0 Å². The molecule has 0 amide bonds. The molecule has 0 N–H and O–H groups in total. The summed E-state index contributed by atoms with van der Waals surface area (Å²) in [5, 5.41) is 0. The maximum absolute atomic E-state index is 10.8. The van der Waals surface area contributed by atoms with Crippen LogP contribution in [-0.4, -0.2) is 6.29 Å². The monoisotopic (exact) mass is 210 g/mol. The van der Waals surface area contributed by atoms with Gasteiger partial charge in [0.05, 0.1) is 0 Å². The zero-order chi connectivity index (χ0) is 11.5. The Morgan fingerprint density at radius 2 is 1.56 bits per heavy atom. The zero-order valence-corrected chi connectivity index (χ0v) is 9.53. The molecule has 0 aliphatic rings. The van der Waals surface area contributed by atoms with Crippen LogP contribution in [0, 0.1) is 13.8 Å². The summed E-state index contributed by atoms with van der Waals surface area (Å²) in [6.07, 6.45) is 0.890. The molecule has 0 saturated heterocycles. The minimum atomic E-state index is 0.726. The molecule has 2 rings (SSSR count). The number of carbonyl (C=O) groups excluding carboxylic acids is 1. The Balaban J connectivity index is 2.63. The van der Waals surface area contributed by atoms with Crippen LogP contribution in [0.15, 0.2) is 42.5 Å². The van der Waals surface area contributed by atoms with Crippen LogP contribution in [0.2, 0.25) is 0 Å². The van der Waals surface area contributed by atoms with Crippen LogP contribution in [0.1, 0.15) is 21.5 Å². The number of aryl methyl sites for hydroxylation is 2. The molecule has 2 aromatic rings. The number of rotatable bonds is 2. The van der Waals surface area contributed by atoms with Gasteiger partial charge in [-0.25, -0.2) is 0 Å². The molecular weight excluding hydrogens is 196 g/mol. The summed E-state index contributed by atoms with van der Waals surface area (Å²) >= 11 is 0. The molecule has 0 aromatic heterocycles. The lowest BCUT2D eigenvalue weighted by Gasteiger charge is -2.09. The summed E-state index contributed by atoms with van der Waals surface area (Å²) in [6, 6.07) is 14.0. The normalized spacial score (nSPS) is 10.1. The standard InChI is InChI=1S/C15H14O/c1-11-5-3-4-6-14(11)15-9-13(10-16)8-7-12(15)2/h3-10H,1-2H3. The first-order valence-corrected chi connectivity index (χ1v) is 5.34. The SMILES string of the molecule is Cc1ccccc1-c1cc(C=O)ccc1C. The van der Waals surface area contributed by atoms with Gasteiger partial charge in [0.15, 0.2) is 0 Å². The number of hydrogen-bond donors (Lipinski definition) is 0. The first-order valence-electron chi connectivity index (χ1n) is 5.34. The molecule has 0 radical (unpaired) electrons. The third-order valence-corrected chi connectivity index (χ3v) is 2.83. The average Bonchev–Trinajstić information content (AvgIpc) is 2.31. The van der Waals surface area contributed by atoms with Crippen molar-refractivity contribution in [2.75, 3.05) is 0 Å². The highest BCUT2D eigenvalue weighted by molar-refractivity contribution is 5.81.